The molecule has 6 heteroatoms. The van der Waals surface area contributed by atoms with Crippen molar-refractivity contribution >= 4 is 34.4 Å². The Morgan fingerprint density at radius 2 is 1.92 bits per heavy atom. The summed E-state index contributed by atoms with van der Waals surface area (Å²) in [7, 11) is 0. The number of hydrogen-bond donors (Lipinski definition) is 1. The number of anilines is 1. The Bertz CT molecular complexity index is 893. The SMILES string of the molecule is Cc1ccc([C@H]2[C@H](c3ccccn3)NC(=S)N2c2ccc(F)cc2)s1. The minimum atomic E-state index is -0.258. The summed E-state index contributed by atoms with van der Waals surface area (Å²) >= 11 is 7.36. The normalized spacial score (nSPS) is 19.9. The number of hydrogen-bond acceptors (Lipinski definition) is 3. The van der Waals surface area contributed by atoms with Crippen LogP contribution in [0, 0.1) is 12.7 Å². The van der Waals surface area contributed by atoms with Crippen LogP contribution in [-0.2, 0) is 0 Å². The van der Waals surface area contributed by atoms with Gasteiger partial charge in [0.15, 0.2) is 5.11 Å². The molecular formula is C19H16FN3S2. The zero-order valence-electron chi connectivity index (χ0n) is 13.5. The molecule has 4 rings (SSSR count). The van der Waals surface area contributed by atoms with Gasteiger partial charge in [-0.05, 0) is 67.7 Å². The summed E-state index contributed by atoms with van der Waals surface area (Å²) in [5.41, 5.74) is 1.80. The number of thiocarbonyl (C=S) groups is 1. The largest absolute Gasteiger partial charge is 0.351 e. The van der Waals surface area contributed by atoms with Crippen molar-refractivity contribution in [2.24, 2.45) is 0 Å². The third-order valence-electron chi connectivity index (χ3n) is 4.26. The van der Waals surface area contributed by atoms with Gasteiger partial charge in [0, 0.05) is 21.6 Å². The average molecular weight is 369 g/mol. The fraction of sp³-hybridized carbons (Fsp3) is 0.158. The van der Waals surface area contributed by atoms with Crippen molar-refractivity contribution in [3.8, 4) is 0 Å². The first-order valence-corrected chi connectivity index (χ1v) is 9.18. The topological polar surface area (TPSA) is 28.2 Å². The van der Waals surface area contributed by atoms with Gasteiger partial charge in [-0.2, -0.15) is 0 Å². The monoisotopic (exact) mass is 369 g/mol. The van der Waals surface area contributed by atoms with Crippen LogP contribution >= 0.6 is 23.6 Å². The Balaban J connectivity index is 1.81. The van der Waals surface area contributed by atoms with Gasteiger partial charge in [0.1, 0.15) is 5.82 Å². The highest BCUT2D eigenvalue weighted by molar-refractivity contribution is 7.80. The molecule has 126 valence electrons. The Kier molecular flexibility index (Phi) is 4.23. The average Bonchev–Trinajstić information content (AvgIpc) is 3.20. The van der Waals surface area contributed by atoms with Crippen LogP contribution in [0.25, 0.3) is 0 Å². The number of rotatable bonds is 3. The number of nitrogens with one attached hydrogen (secondary N) is 1. The highest BCUT2D eigenvalue weighted by atomic mass is 32.1. The van der Waals surface area contributed by atoms with E-state index in [0.29, 0.717) is 5.11 Å². The molecule has 1 aliphatic rings. The number of halogens is 1. The van der Waals surface area contributed by atoms with Gasteiger partial charge in [0.2, 0.25) is 0 Å². The second-order valence-corrected chi connectivity index (χ2v) is 7.63. The Labute approximate surface area is 155 Å². The van der Waals surface area contributed by atoms with E-state index in [2.05, 4.69) is 34.3 Å². The number of aromatic nitrogens is 1. The summed E-state index contributed by atoms with van der Waals surface area (Å²) in [4.78, 5) is 9.01. The first kappa shape index (κ1) is 16.2. The number of aryl methyl sites for hydroxylation is 1. The number of pyridine rings is 1. The van der Waals surface area contributed by atoms with Gasteiger partial charge < -0.3 is 10.2 Å². The molecule has 0 aliphatic carbocycles. The third kappa shape index (κ3) is 3.03. The summed E-state index contributed by atoms with van der Waals surface area (Å²) in [5.74, 6) is -0.258. The van der Waals surface area contributed by atoms with E-state index in [4.69, 9.17) is 12.2 Å². The molecule has 1 saturated heterocycles. The highest BCUT2D eigenvalue weighted by Gasteiger charge is 2.41. The lowest BCUT2D eigenvalue weighted by Gasteiger charge is -2.26. The van der Waals surface area contributed by atoms with Crippen LogP contribution in [0.5, 0.6) is 0 Å². The van der Waals surface area contributed by atoms with Crippen LogP contribution in [0.1, 0.15) is 27.5 Å². The molecule has 1 N–H and O–H groups in total. The second kappa shape index (κ2) is 6.54. The molecule has 3 nitrogen and oxygen atoms in total. The predicted octanol–water partition coefficient (Wildman–Crippen LogP) is 4.77. The quantitative estimate of drug-likeness (QED) is 0.673. The molecule has 25 heavy (non-hydrogen) atoms. The van der Waals surface area contributed by atoms with Crippen molar-refractivity contribution in [2.45, 2.75) is 19.0 Å². The Morgan fingerprint density at radius 3 is 2.56 bits per heavy atom. The molecule has 0 spiro atoms. The van der Waals surface area contributed by atoms with E-state index < -0.39 is 0 Å². The molecular weight excluding hydrogens is 353 g/mol. The molecule has 1 aromatic carbocycles. The molecule has 3 aromatic rings. The van der Waals surface area contributed by atoms with Crippen LogP contribution in [0.3, 0.4) is 0 Å². The van der Waals surface area contributed by atoms with Crippen LogP contribution in [-0.4, -0.2) is 10.1 Å². The first-order chi connectivity index (χ1) is 12.1. The summed E-state index contributed by atoms with van der Waals surface area (Å²) in [6.45, 7) is 2.09. The Morgan fingerprint density at radius 1 is 1.12 bits per heavy atom. The lowest BCUT2D eigenvalue weighted by molar-refractivity contribution is 0.575. The summed E-state index contributed by atoms with van der Waals surface area (Å²) < 4.78 is 13.4. The molecule has 2 atom stereocenters. The fourth-order valence-corrected chi connectivity index (χ4v) is 4.49. The first-order valence-electron chi connectivity index (χ1n) is 7.96. The minimum absolute atomic E-state index is 0.0217. The van der Waals surface area contributed by atoms with Gasteiger partial charge in [-0.1, -0.05) is 6.07 Å². The molecule has 0 saturated carbocycles. The lowest BCUT2D eigenvalue weighted by atomic mass is 10.0. The zero-order valence-corrected chi connectivity index (χ0v) is 15.2. The van der Waals surface area contributed by atoms with E-state index in [1.54, 1.807) is 29.7 Å². The van der Waals surface area contributed by atoms with Gasteiger partial charge in [0.05, 0.1) is 17.8 Å². The standard InChI is InChI=1S/C19H16FN3S2/c1-12-5-10-16(25-12)18-17(15-4-2-3-11-21-15)22-19(24)23(18)14-8-6-13(20)7-9-14/h2-11,17-18H,1H3,(H,22,24)/t17-,18-/m0/s1. The van der Waals surface area contributed by atoms with Crippen molar-refractivity contribution in [3.05, 3.63) is 82.1 Å². The van der Waals surface area contributed by atoms with Crippen LogP contribution < -0.4 is 10.2 Å². The van der Waals surface area contributed by atoms with E-state index in [1.165, 1.54) is 21.9 Å². The van der Waals surface area contributed by atoms with E-state index in [9.17, 15) is 4.39 Å². The van der Waals surface area contributed by atoms with Crippen molar-refractivity contribution in [1.82, 2.24) is 10.3 Å². The van der Waals surface area contributed by atoms with Crippen LogP contribution in [0.4, 0.5) is 10.1 Å². The van der Waals surface area contributed by atoms with Gasteiger partial charge in [-0.15, -0.1) is 11.3 Å². The minimum Gasteiger partial charge on any atom is -0.351 e. The summed E-state index contributed by atoms with van der Waals surface area (Å²) in [6.07, 6.45) is 1.79. The van der Waals surface area contributed by atoms with E-state index >= 15 is 0 Å². The van der Waals surface area contributed by atoms with Gasteiger partial charge in [-0.3, -0.25) is 4.98 Å². The fourth-order valence-electron chi connectivity index (χ4n) is 3.14. The van der Waals surface area contributed by atoms with Crippen LogP contribution in [0.15, 0.2) is 60.8 Å². The Hall–Kier alpha value is -2.31. The van der Waals surface area contributed by atoms with Crippen molar-refractivity contribution in [2.75, 3.05) is 4.90 Å². The maximum absolute atomic E-state index is 13.4. The van der Waals surface area contributed by atoms with Crippen LogP contribution in [0.2, 0.25) is 0 Å². The maximum Gasteiger partial charge on any atom is 0.174 e. The van der Waals surface area contributed by atoms with E-state index in [-0.39, 0.29) is 17.9 Å². The maximum atomic E-state index is 13.4. The van der Waals surface area contributed by atoms with Crippen molar-refractivity contribution in [1.29, 1.82) is 0 Å². The molecule has 2 aromatic heterocycles. The van der Waals surface area contributed by atoms with Gasteiger partial charge >= 0.3 is 0 Å². The number of thiophene rings is 1. The highest BCUT2D eigenvalue weighted by Crippen LogP contribution is 2.43. The van der Waals surface area contributed by atoms with Crippen molar-refractivity contribution in [3.63, 3.8) is 0 Å². The molecule has 0 amide bonds. The van der Waals surface area contributed by atoms with E-state index in [0.717, 1.165) is 11.4 Å². The third-order valence-corrected chi connectivity index (χ3v) is 5.64. The number of nitrogens with zero attached hydrogens (tertiary/aromatic N) is 2. The molecule has 3 heterocycles. The second-order valence-electron chi connectivity index (χ2n) is 5.92. The number of benzene rings is 1. The molecule has 0 radical (unpaired) electrons. The predicted molar refractivity (Wildman–Crippen MR) is 103 cm³/mol. The zero-order chi connectivity index (χ0) is 17.4. The van der Waals surface area contributed by atoms with E-state index in [1.807, 2.05) is 18.2 Å². The van der Waals surface area contributed by atoms with Gasteiger partial charge in [-0.25, -0.2) is 4.39 Å². The summed E-state index contributed by atoms with van der Waals surface area (Å²) in [6, 6.07) is 16.5. The smallest absolute Gasteiger partial charge is 0.174 e. The lowest BCUT2D eigenvalue weighted by Crippen LogP contribution is -2.29. The molecule has 1 fully saturated rings. The van der Waals surface area contributed by atoms with Gasteiger partial charge in [0.25, 0.3) is 0 Å². The summed E-state index contributed by atoms with van der Waals surface area (Å²) in [5, 5.41) is 4.02. The molecule has 1 aliphatic heterocycles. The molecule has 0 bridgehead atoms. The van der Waals surface area contributed by atoms with Crippen molar-refractivity contribution < 1.29 is 4.39 Å². The molecule has 0 unspecified atom stereocenters.